The number of fused-ring (bicyclic) bond motifs is 1. The first-order valence-corrected chi connectivity index (χ1v) is 6.72. The van der Waals surface area contributed by atoms with Crippen LogP contribution < -0.4 is 0 Å². The van der Waals surface area contributed by atoms with Crippen LogP contribution in [0.25, 0.3) is 0 Å². The van der Waals surface area contributed by atoms with Gasteiger partial charge < -0.3 is 4.90 Å². The Labute approximate surface area is 102 Å². The van der Waals surface area contributed by atoms with E-state index in [1.165, 1.54) is 25.8 Å². The van der Waals surface area contributed by atoms with Crippen LogP contribution in [0.5, 0.6) is 0 Å². The van der Waals surface area contributed by atoms with Crippen LogP contribution in [-0.2, 0) is 4.79 Å². The highest BCUT2D eigenvalue weighted by molar-refractivity contribution is 5.79. The van der Waals surface area contributed by atoms with Crippen molar-refractivity contribution in [2.75, 3.05) is 19.6 Å². The van der Waals surface area contributed by atoms with E-state index in [0.717, 1.165) is 13.0 Å². The van der Waals surface area contributed by atoms with Gasteiger partial charge in [0.25, 0.3) is 0 Å². The standard InChI is InChI=1S/C13H19N3O/c14-8-10-7-13(17)16(9-10)12-4-6-15-5-2-1-3-11(12)15/h10-12H,1-7,9H2. The van der Waals surface area contributed by atoms with Crippen LogP contribution in [0.2, 0.25) is 0 Å². The van der Waals surface area contributed by atoms with Crippen LogP contribution in [0.1, 0.15) is 32.1 Å². The molecule has 3 fully saturated rings. The Bertz CT molecular complexity index is 362. The number of carbonyl (C=O) groups excluding carboxylic acids is 1. The molecule has 0 spiro atoms. The number of nitrogens with zero attached hydrogens (tertiary/aromatic N) is 3. The smallest absolute Gasteiger partial charge is 0.224 e. The van der Waals surface area contributed by atoms with E-state index in [1.807, 2.05) is 4.90 Å². The molecule has 3 atom stereocenters. The highest BCUT2D eigenvalue weighted by atomic mass is 16.2. The highest BCUT2D eigenvalue weighted by Gasteiger charge is 2.43. The summed E-state index contributed by atoms with van der Waals surface area (Å²) in [5.74, 6) is 0.133. The molecule has 0 N–H and O–H groups in total. The van der Waals surface area contributed by atoms with Crippen molar-refractivity contribution in [3.63, 3.8) is 0 Å². The van der Waals surface area contributed by atoms with Crippen LogP contribution in [-0.4, -0.2) is 47.4 Å². The summed E-state index contributed by atoms with van der Waals surface area (Å²) in [6.45, 7) is 3.01. The Morgan fingerprint density at radius 1 is 1.18 bits per heavy atom. The molecule has 0 bridgehead atoms. The van der Waals surface area contributed by atoms with E-state index in [2.05, 4.69) is 11.0 Å². The van der Waals surface area contributed by atoms with Crippen molar-refractivity contribution in [1.29, 1.82) is 5.26 Å². The molecule has 0 aromatic heterocycles. The fourth-order valence-electron chi connectivity index (χ4n) is 3.72. The maximum Gasteiger partial charge on any atom is 0.224 e. The Morgan fingerprint density at radius 3 is 2.82 bits per heavy atom. The van der Waals surface area contributed by atoms with Gasteiger partial charge in [0, 0.05) is 31.6 Å². The number of likely N-dealkylation sites (tertiary alicyclic amines) is 1. The average Bonchev–Trinajstić information content (AvgIpc) is 2.92. The van der Waals surface area contributed by atoms with Crippen molar-refractivity contribution < 1.29 is 4.79 Å². The number of hydrogen-bond acceptors (Lipinski definition) is 3. The molecule has 3 heterocycles. The zero-order valence-corrected chi connectivity index (χ0v) is 10.1. The average molecular weight is 233 g/mol. The second kappa shape index (κ2) is 4.30. The van der Waals surface area contributed by atoms with Crippen molar-refractivity contribution in [2.24, 2.45) is 5.92 Å². The molecule has 3 rings (SSSR count). The van der Waals surface area contributed by atoms with Crippen LogP contribution in [0.3, 0.4) is 0 Å². The molecule has 0 aliphatic carbocycles. The maximum absolute atomic E-state index is 12.0. The molecular formula is C13H19N3O. The van der Waals surface area contributed by atoms with Crippen LogP contribution in [0, 0.1) is 17.2 Å². The van der Waals surface area contributed by atoms with Gasteiger partial charge in [0.05, 0.1) is 12.0 Å². The van der Waals surface area contributed by atoms with Gasteiger partial charge in [0.15, 0.2) is 0 Å². The van der Waals surface area contributed by atoms with Gasteiger partial charge in [-0.25, -0.2) is 0 Å². The van der Waals surface area contributed by atoms with E-state index < -0.39 is 0 Å². The summed E-state index contributed by atoms with van der Waals surface area (Å²) < 4.78 is 0. The summed E-state index contributed by atoms with van der Waals surface area (Å²) in [7, 11) is 0. The third-order valence-corrected chi connectivity index (χ3v) is 4.56. The second-order valence-corrected chi connectivity index (χ2v) is 5.53. The van der Waals surface area contributed by atoms with Crippen molar-refractivity contribution in [2.45, 2.75) is 44.2 Å². The number of hydrogen-bond donors (Lipinski definition) is 0. The quantitative estimate of drug-likeness (QED) is 0.678. The largest absolute Gasteiger partial charge is 0.337 e. The summed E-state index contributed by atoms with van der Waals surface area (Å²) in [6, 6.07) is 3.21. The number of rotatable bonds is 1. The third-order valence-electron chi connectivity index (χ3n) is 4.56. The fraction of sp³-hybridized carbons (Fsp3) is 0.846. The van der Waals surface area contributed by atoms with Crippen LogP contribution >= 0.6 is 0 Å². The normalized spacial score (nSPS) is 38.2. The van der Waals surface area contributed by atoms with Gasteiger partial charge in [0.1, 0.15) is 0 Å². The number of carbonyl (C=O) groups is 1. The van der Waals surface area contributed by atoms with Crippen molar-refractivity contribution in [1.82, 2.24) is 9.80 Å². The molecule has 4 heteroatoms. The molecule has 0 saturated carbocycles. The summed E-state index contributed by atoms with van der Waals surface area (Å²) in [5, 5.41) is 8.94. The van der Waals surface area contributed by atoms with E-state index >= 15 is 0 Å². The van der Waals surface area contributed by atoms with E-state index in [1.54, 1.807) is 0 Å². The van der Waals surface area contributed by atoms with Gasteiger partial charge in [-0.2, -0.15) is 5.26 Å². The van der Waals surface area contributed by atoms with Gasteiger partial charge in [0.2, 0.25) is 5.91 Å². The lowest BCUT2D eigenvalue weighted by atomic mass is 9.98. The minimum Gasteiger partial charge on any atom is -0.337 e. The molecule has 0 aromatic rings. The zero-order chi connectivity index (χ0) is 11.8. The third kappa shape index (κ3) is 1.83. The second-order valence-electron chi connectivity index (χ2n) is 5.53. The van der Waals surface area contributed by atoms with Gasteiger partial charge >= 0.3 is 0 Å². The Balaban J connectivity index is 1.73. The predicted octanol–water partition coefficient (Wildman–Crippen LogP) is 0.985. The van der Waals surface area contributed by atoms with Crippen LogP contribution in [0.4, 0.5) is 0 Å². The number of piperidine rings is 1. The Morgan fingerprint density at radius 2 is 2.06 bits per heavy atom. The van der Waals surface area contributed by atoms with Gasteiger partial charge in [-0.3, -0.25) is 9.69 Å². The first kappa shape index (κ1) is 11.0. The van der Waals surface area contributed by atoms with Crippen molar-refractivity contribution >= 4 is 5.91 Å². The molecule has 92 valence electrons. The molecule has 3 unspecified atom stereocenters. The lowest BCUT2D eigenvalue weighted by molar-refractivity contribution is -0.130. The van der Waals surface area contributed by atoms with E-state index in [9.17, 15) is 4.79 Å². The lowest BCUT2D eigenvalue weighted by Crippen LogP contribution is -2.47. The molecule has 1 amide bonds. The highest BCUT2D eigenvalue weighted by Crippen LogP contribution is 2.33. The summed E-state index contributed by atoms with van der Waals surface area (Å²) in [6.07, 6.45) is 5.37. The molecule has 0 aromatic carbocycles. The Kier molecular flexibility index (Phi) is 2.79. The Hall–Kier alpha value is -1.08. The van der Waals surface area contributed by atoms with Gasteiger partial charge in [-0.05, 0) is 25.8 Å². The summed E-state index contributed by atoms with van der Waals surface area (Å²) >= 11 is 0. The van der Waals surface area contributed by atoms with E-state index in [0.29, 0.717) is 25.0 Å². The maximum atomic E-state index is 12.0. The molecular weight excluding hydrogens is 214 g/mol. The van der Waals surface area contributed by atoms with Gasteiger partial charge in [-0.15, -0.1) is 0 Å². The summed E-state index contributed by atoms with van der Waals surface area (Å²) in [5.41, 5.74) is 0. The molecule has 3 saturated heterocycles. The topological polar surface area (TPSA) is 47.3 Å². The number of amides is 1. The molecule has 3 aliphatic heterocycles. The van der Waals surface area contributed by atoms with E-state index in [4.69, 9.17) is 5.26 Å². The molecule has 17 heavy (non-hydrogen) atoms. The minimum atomic E-state index is -0.0693. The molecule has 0 radical (unpaired) electrons. The van der Waals surface area contributed by atoms with Crippen molar-refractivity contribution in [3.05, 3.63) is 0 Å². The number of nitriles is 1. The zero-order valence-electron chi connectivity index (χ0n) is 10.1. The fourth-order valence-corrected chi connectivity index (χ4v) is 3.72. The van der Waals surface area contributed by atoms with Crippen LogP contribution in [0.15, 0.2) is 0 Å². The molecule has 3 aliphatic rings. The molecule has 4 nitrogen and oxygen atoms in total. The first-order valence-electron chi connectivity index (χ1n) is 6.72. The SMILES string of the molecule is N#CC1CC(=O)N(C2CCN3CCCCC23)C1. The van der Waals surface area contributed by atoms with Gasteiger partial charge in [-0.1, -0.05) is 6.42 Å². The monoisotopic (exact) mass is 233 g/mol. The van der Waals surface area contributed by atoms with Crippen molar-refractivity contribution in [3.8, 4) is 6.07 Å². The minimum absolute atomic E-state index is 0.0693. The predicted molar refractivity (Wildman–Crippen MR) is 63.1 cm³/mol. The lowest BCUT2D eigenvalue weighted by Gasteiger charge is -2.36. The first-order chi connectivity index (χ1) is 8.29. The van der Waals surface area contributed by atoms with E-state index in [-0.39, 0.29) is 11.8 Å². The summed E-state index contributed by atoms with van der Waals surface area (Å²) in [4.78, 5) is 16.5.